The van der Waals surface area contributed by atoms with Crippen LogP contribution in [0.3, 0.4) is 0 Å². The first-order valence-electron chi connectivity index (χ1n) is 6.40. The molecule has 14 heteroatoms. The number of hydrogen-bond acceptors (Lipinski definition) is 6. The van der Waals surface area contributed by atoms with Gasteiger partial charge in [-0.2, -0.15) is 26.3 Å². The van der Waals surface area contributed by atoms with Crippen molar-refractivity contribution in [1.29, 1.82) is 0 Å². The number of hydrogen-bond donors (Lipinski definition) is 0. The Labute approximate surface area is 144 Å². The van der Waals surface area contributed by atoms with Crippen LogP contribution in [-0.2, 0) is 26.1 Å². The van der Waals surface area contributed by atoms with Gasteiger partial charge in [-0.1, -0.05) is 6.07 Å². The van der Waals surface area contributed by atoms with Crippen LogP contribution in [0.4, 0.5) is 26.3 Å². The maximum Gasteiger partial charge on any atom is 0.498 e. The molecule has 0 saturated heterocycles. The van der Waals surface area contributed by atoms with Crippen LogP contribution in [0.5, 0.6) is 11.5 Å². The normalized spacial score (nSPS) is 13.7. The smallest absolute Gasteiger partial charge is 0.497 e. The lowest BCUT2D eigenvalue weighted by molar-refractivity contribution is -0.0471. The van der Waals surface area contributed by atoms with E-state index in [0.29, 0.717) is 0 Å². The predicted molar refractivity (Wildman–Crippen MR) is 77.0 cm³/mol. The summed E-state index contributed by atoms with van der Waals surface area (Å²) in [6.45, 7) is 0. The van der Waals surface area contributed by atoms with Crippen LogP contribution in [-0.4, -0.2) is 46.7 Å². The number of benzene rings is 1. The number of sulfone groups is 2. The van der Waals surface area contributed by atoms with E-state index in [-0.39, 0.29) is 11.5 Å². The largest absolute Gasteiger partial charge is 0.498 e. The summed E-state index contributed by atoms with van der Waals surface area (Å²) in [6, 6.07) is 3.05. The second-order valence-corrected chi connectivity index (χ2v) is 9.34. The molecule has 26 heavy (non-hydrogen) atoms. The molecule has 0 atom stereocenters. The lowest BCUT2D eigenvalue weighted by Crippen LogP contribution is -2.46. The Morgan fingerprint density at radius 3 is 1.69 bits per heavy atom. The third-order valence-electron chi connectivity index (χ3n) is 3.22. The molecule has 150 valence electrons. The maximum atomic E-state index is 12.7. The second-order valence-electron chi connectivity index (χ2n) is 4.79. The fraction of sp³-hybridized carbons (Fsp3) is 0.500. The van der Waals surface area contributed by atoms with E-state index < -0.39 is 47.3 Å². The fourth-order valence-corrected chi connectivity index (χ4v) is 5.27. The zero-order valence-electron chi connectivity index (χ0n) is 13.1. The minimum Gasteiger partial charge on any atom is -0.497 e. The summed E-state index contributed by atoms with van der Waals surface area (Å²) in [4.78, 5) is 0. The van der Waals surface area contributed by atoms with Crippen LogP contribution in [0.15, 0.2) is 18.2 Å². The van der Waals surface area contributed by atoms with E-state index in [4.69, 9.17) is 9.47 Å². The summed E-state index contributed by atoms with van der Waals surface area (Å²) in [5.41, 5.74) is -12.9. The fourth-order valence-electron chi connectivity index (χ4n) is 1.88. The highest BCUT2D eigenvalue weighted by Gasteiger charge is 2.62. The van der Waals surface area contributed by atoms with Crippen molar-refractivity contribution >= 4 is 19.7 Å². The van der Waals surface area contributed by atoms with Gasteiger partial charge in [0.25, 0.3) is 19.7 Å². The maximum absolute atomic E-state index is 12.7. The highest BCUT2D eigenvalue weighted by Crippen LogP contribution is 2.39. The van der Waals surface area contributed by atoms with Gasteiger partial charge < -0.3 is 9.47 Å². The van der Waals surface area contributed by atoms with Gasteiger partial charge in [-0.25, -0.2) is 16.8 Å². The van der Waals surface area contributed by atoms with Crippen molar-refractivity contribution in [3.05, 3.63) is 23.8 Å². The van der Waals surface area contributed by atoms with Gasteiger partial charge in [0.15, 0.2) is 4.58 Å². The molecular formula is C12H12F6O6S2. The van der Waals surface area contributed by atoms with Gasteiger partial charge in [-0.15, -0.1) is 0 Å². The summed E-state index contributed by atoms with van der Waals surface area (Å²) in [6.07, 6.45) is -1.63. The van der Waals surface area contributed by atoms with Gasteiger partial charge in [0.2, 0.25) is 0 Å². The minimum atomic E-state index is -6.71. The van der Waals surface area contributed by atoms with E-state index >= 15 is 0 Å². The molecule has 6 nitrogen and oxygen atoms in total. The molecule has 0 aromatic heterocycles. The molecule has 0 amide bonds. The zero-order chi connectivity index (χ0) is 20.6. The molecule has 1 aromatic rings. The van der Waals surface area contributed by atoms with E-state index in [1.54, 1.807) is 0 Å². The predicted octanol–water partition coefficient (Wildman–Crippen LogP) is 2.44. The summed E-state index contributed by atoms with van der Waals surface area (Å²) >= 11 is 0. The molecule has 0 aliphatic rings. The Morgan fingerprint density at radius 1 is 0.885 bits per heavy atom. The zero-order valence-corrected chi connectivity index (χ0v) is 14.7. The summed E-state index contributed by atoms with van der Waals surface area (Å²) in [5.74, 6) is -0.247. The van der Waals surface area contributed by atoms with Crippen LogP contribution in [0.25, 0.3) is 0 Å². The average molecular weight is 430 g/mol. The molecule has 1 rings (SSSR count). The highest BCUT2D eigenvalue weighted by molar-refractivity contribution is 8.09. The second kappa shape index (κ2) is 7.13. The highest BCUT2D eigenvalue weighted by atomic mass is 32.3. The molecule has 0 heterocycles. The summed E-state index contributed by atoms with van der Waals surface area (Å²) < 4.78 is 128. The van der Waals surface area contributed by atoms with Gasteiger partial charge in [0, 0.05) is 12.5 Å². The van der Waals surface area contributed by atoms with Crippen LogP contribution >= 0.6 is 0 Å². The van der Waals surface area contributed by atoms with Gasteiger partial charge >= 0.3 is 11.0 Å². The SMILES string of the molecule is COc1ccc(CC(S(=O)(=O)C(F)(F)F)S(=O)(=O)C(F)(F)F)c(OC)c1. The molecule has 0 aliphatic heterocycles. The van der Waals surface area contributed by atoms with Crippen molar-refractivity contribution in [1.82, 2.24) is 0 Å². The van der Waals surface area contributed by atoms with Crippen LogP contribution in [0.2, 0.25) is 0 Å². The molecule has 0 spiro atoms. The van der Waals surface area contributed by atoms with Gasteiger partial charge in [-0.05, 0) is 11.6 Å². The molecule has 0 radical (unpaired) electrons. The lowest BCUT2D eigenvalue weighted by Gasteiger charge is -2.22. The lowest BCUT2D eigenvalue weighted by atomic mass is 10.1. The first-order valence-corrected chi connectivity index (χ1v) is 9.50. The molecule has 0 fully saturated rings. The molecule has 1 aromatic carbocycles. The Kier molecular flexibility index (Phi) is 6.13. The molecule has 0 aliphatic carbocycles. The topological polar surface area (TPSA) is 86.7 Å². The number of halogens is 6. The Morgan fingerprint density at radius 2 is 1.35 bits per heavy atom. The van der Waals surface area contributed by atoms with Crippen molar-refractivity contribution < 1.29 is 52.7 Å². The van der Waals surface area contributed by atoms with E-state index in [9.17, 15) is 43.2 Å². The van der Waals surface area contributed by atoms with Crippen molar-refractivity contribution in [2.45, 2.75) is 22.0 Å². The van der Waals surface area contributed by atoms with E-state index in [1.165, 1.54) is 7.11 Å². The quantitative estimate of drug-likeness (QED) is 0.645. The monoisotopic (exact) mass is 430 g/mol. The molecule has 0 bridgehead atoms. The van der Waals surface area contributed by atoms with Crippen molar-refractivity contribution in [3.8, 4) is 11.5 Å². The first kappa shape index (κ1) is 22.3. The molecule has 0 saturated carbocycles. The Hall–Kier alpha value is -1.70. The summed E-state index contributed by atoms with van der Waals surface area (Å²) in [5, 5.41) is 0. The minimum absolute atomic E-state index is 0.0968. The third kappa shape index (κ3) is 4.16. The average Bonchev–Trinajstić information content (AvgIpc) is 2.49. The van der Waals surface area contributed by atoms with Crippen LogP contribution < -0.4 is 9.47 Å². The Balaban J connectivity index is 3.61. The third-order valence-corrected chi connectivity index (χ3v) is 7.75. The standard InChI is InChI=1S/C12H12F6O6S2/c1-23-8-4-3-7(9(6-8)24-2)5-10(25(19,20)11(13,14)15)26(21,22)12(16,17)18/h3-4,6,10H,5H2,1-2H3. The number of alkyl halides is 6. The van der Waals surface area contributed by atoms with Gasteiger partial charge in [0.05, 0.1) is 14.2 Å². The van der Waals surface area contributed by atoms with E-state index in [0.717, 1.165) is 25.3 Å². The molecule has 0 N–H and O–H groups in total. The molecular weight excluding hydrogens is 418 g/mol. The molecule has 0 unspecified atom stereocenters. The van der Waals surface area contributed by atoms with Crippen molar-refractivity contribution in [3.63, 3.8) is 0 Å². The number of methoxy groups -OCH3 is 2. The van der Waals surface area contributed by atoms with Crippen molar-refractivity contribution in [2.24, 2.45) is 0 Å². The van der Waals surface area contributed by atoms with Crippen LogP contribution in [0.1, 0.15) is 5.56 Å². The van der Waals surface area contributed by atoms with E-state index in [2.05, 4.69) is 0 Å². The summed E-state index contributed by atoms with van der Waals surface area (Å²) in [7, 11) is -11.2. The number of ether oxygens (including phenoxy) is 2. The Bertz CT molecular complexity index is 813. The van der Waals surface area contributed by atoms with E-state index in [1.807, 2.05) is 0 Å². The van der Waals surface area contributed by atoms with Gasteiger partial charge in [-0.3, -0.25) is 0 Å². The first-order chi connectivity index (χ1) is 11.6. The van der Waals surface area contributed by atoms with Gasteiger partial charge in [0.1, 0.15) is 11.5 Å². The van der Waals surface area contributed by atoms with Crippen LogP contribution in [0, 0.1) is 0 Å². The number of rotatable bonds is 6. The van der Waals surface area contributed by atoms with Crippen molar-refractivity contribution in [2.75, 3.05) is 14.2 Å².